The van der Waals surface area contributed by atoms with Gasteiger partial charge in [-0.3, -0.25) is 4.79 Å². The van der Waals surface area contributed by atoms with Gasteiger partial charge >= 0.3 is 5.97 Å². The second-order valence-electron chi connectivity index (χ2n) is 5.81. The van der Waals surface area contributed by atoms with Gasteiger partial charge in [0.25, 0.3) is 0 Å². The molecule has 0 radical (unpaired) electrons. The molecule has 19 heavy (non-hydrogen) atoms. The summed E-state index contributed by atoms with van der Waals surface area (Å²) < 4.78 is 0.550. The van der Waals surface area contributed by atoms with Crippen molar-refractivity contribution in [2.75, 3.05) is 27.7 Å². The van der Waals surface area contributed by atoms with Gasteiger partial charge in [-0.25, -0.2) is 0 Å². The molecule has 0 amide bonds. The van der Waals surface area contributed by atoms with E-state index in [1.807, 2.05) is 21.1 Å². The number of carboxylic acids is 2. The number of carbonyl (C=O) groups is 2. The van der Waals surface area contributed by atoms with Crippen LogP contribution in [0.1, 0.15) is 20.3 Å². The lowest BCUT2D eigenvalue weighted by Gasteiger charge is -2.26. The van der Waals surface area contributed by atoms with Crippen molar-refractivity contribution in [2.45, 2.75) is 32.4 Å². The predicted octanol–water partition coefficient (Wildman–Crippen LogP) is -1.75. The molecule has 2 atom stereocenters. The van der Waals surface area contributed by atoms with Gasteiger partial charge in [0.2, 0.25) is 0 Å². The van der Waals surface area contributed by atoms with Crippen LogP contribution in [0.5, 0.6) is 0 Å². The number of quaternary nitrogens is 1. The van der Waals surface area contributed by atoms with E-state index in [0.717, 1.165) is 0 Å². The maximum atomic E-state index is 10.0. The second kappa shape index (κ2) is 8.84. The van der Waals surface area contributed by atoms with Crippen molar-refractivity contribution in [3.8, 4) is 0 Å². The maximum absolute atomic E-state index is 10.0. The van der Waals surface area contributed by atoms with Crippen LogP contribution in [0.4, 0.5) is 0 Å². The van der Waals surface area contributed by atoms with Crippen molar-refractivity contribution in [3.63, 3.8) is 0 Å². The molecule has 0 aromatic heterocycles. The minimum absolute atomic E-state index is 0.0208. The van der Waals surface area contributed by atoms with Crippen molar-refractivity contribution >= 4 is 11.9 Å². The number of hydrogen-bond donors (Lipinski definition) is 3. The topological polar surface area (TPSA) is 124 Å². The quantitative estimate of drug-likeness (QED) is 0.495. The Bertz CT molecular complexity index is 286. The molecule has 7 heteroatoms. The van der Waals surface area contributed by atoms with Crippen molar-refractivity contribution in [1.82, 2.24) is 0 Å². The Balaban J connectivity index is 0. The third-order valence-corrected chi connectivity index (χ3v) is 2.16. The van der Waals surface area contributed by atoms with Crippen LogP contribution in [0, 0.1) is 5.92 Å². The van der Waals surface area contributed by atoms with Crippen LogP contribution >= 0.6 is 0 Å². The highest BCUT2D eigenvalue weighted by Gasteiger charge is 2.15. The molecule has 0 saturated carbocycles. The molecule has 0 bridgehead atoms. The van der Waals surface area contributed by atoms with Gasteiger partial charge in [-0.15, -0.1) is 0 Å². The van der Waals surface area contributed by atoms with Crippen LogP contribution in [0.3, 0.4) is 0 Å². The number of carbonyl (C=O) groups excluding carboxylic acids is 1. The van der Waals surface area contributed by atoms with Gasteiger partial charge in [0, 0.05) is 12.4 Å². The summed E-state index contributed by atoms with van der Waals surface area (Å²) in [4.78, 5) is 20.0. The molecule has 0 heterocycles. The Morgan fingerprint density at radius 2 is 1.68 bits per heavy atom. The van der Waals surface area contributed by atoms with Gasteiger partial charge in [0.1, 0.15) is 18.7 Å². The fourth-order valence-corrected chi connectivity index (χ4v) is 1.17. The molecule has 0 aromatic rings. The molecule has 0 saturated heterocycles. The van der Waals surface area contributed by atoms with E-state index in [1.54, 1.807) is 13.8 Å². The number of likely N-dealkylation sites (N-methyl/N-ethyl adjacent to an activating group) is 1. The summed E-state index contributed by atoms with van der Waals surface area (Å²) in [7, 11) is 5.66. The first-order valence-electron chi connectivity index (χ1n) is 6.03. The molecular weight excluding hydrogens is 252 g/mol. The highest BCUT2D eigenvalue weighted by Crippen LogP contribution is 1.98. The van der Waals surface area contributed by atoms with E-state index in [0.29, 0.717) is 11.0 Å². The van der Waals surface area contributed by atoms with Crippen LogP contribution in [0.15, 0.2) is 0 Å². The number of nitrogens with two attached hydrogens (primary N) is 1. The molecule has 0 aliphatic rings. The summed E-state index contributed by atoms with van der Waals surface area (Å²) in [5.41, 5.74) is 5.16. The predicted molar refractivity (Wildman–Crippen MR) is 69.0 cm³/mol. The molecule has 0 fully saturated rings. The first-order chi connectivity index (χ1) is 8.36. The van der Waals surface area contributed by atoms with Crippen molar-refractivity contribution in [2.24, 2.45) is 11.7 Å². The van der Waals surface area contributed by atoms with Crippen molar-refractivity contribution in [3.05, 3.63) is 0 Å². The normalized spacial score (nSPS) is 14.3. The van der Waals surface area contributed by atoms with E-state index in [2.05, 4.69) is 0 Å². The van der Waals surface area contributed by atoms with Gasteiger partial charge in [-0.2, -0.15) is 0 Å². The van der Waals surface area contributed by atoms with Gasteiger partial charge < -0.3 is 30.3 Å². The second-order valence-corrected chi connectivity index (χ2v) is 5.81. The van der Waals surface area contributed by atoms with E-state index >= 15 is 0 Å². The smallest absolute Gasteiger partial charge is 0.320 e. The molecule has 0 aromatic carbocycles. The number of aliphatic hydroxyl groups excluding tert-OH is 1. The first-order valence-corrected chi connectivity index (χ1v) is 6.03. The van der Waals surface area contributed by atoms with Crippen LogP contribution in [0.25, 0.3) is 0 Å². The highest BCUT2D eigenvalue weighted by atomic mass is 16.4. The van der Waals surface area contributed by atoms with Gasteiger partial charge in [-0.1, -0.05) is 13.8 Å². The number of nitrogens with zero attached hydrogens (tertiary/aromatic N) is 1. The summed E-state index contributed by atoms with van der Waals surface area (Å²) in [5, 5.41) is 27.4. The molecule has 0 rings (SSSR count). The summed E-state index contributed by atoms with van der Waals surface area (Å²) in [6, 6.07) is -0.713. The van der Waals surface area contributed by atoms with E-state index in [4.69, 9.17) is 15.9 Å². The summed E-state index contributed by atoms with van der Waals surface area (Å²) in [5.74, 6) is -2.11. The van der Waals surface area contributed by atoms with Crippen LogP contribution < -0.4 is 10.8 Å². The molecule has 114 valence electrons. The van der Waals surface area contributed by atoms with Crippen molar-refractivity contribution in [1.29, 1.82) is 0 Å². The first kappa shape index (κ1) is 20.1. The minimum atomic E-state index is -1.20. The van der Waals surface area contributed by atoms with E-state index < -0.39 is 24.1 Å². The average molecular weight is 278 g/mol. The largest absolute Gasteiger partial charge is 0.550 e. The lowest BCUT2D eigenvalue weighted by Crippen LogP contribution is -2.43. The Hall–Kier alpha value is -1.18. The lowest BCUT2D eigenvalue weighted by atomic mass is 10.1. The van der Waals surface area contributed by atoms with Crippen LogP contribution in [-0.4, -0.2) is 66.5 Å². The Kier molecular flexibility index (Phi) is 9.37. The standard InChI is InChI=1S/C7H15NO3.C5H11NO2/c1-8(2,3)5-6(9)4-7(10)11;1-3(2)4(6)5(7)8/h6,9H,4-5H2,1-3H3;3-4H,6H2,1-2H3,(H,7,8). The fraction of sp³-hybridized carbons (Fsp3) is 0.833. The number of rotatable bonds is 6. The Labute approximate surface area is 114 Å². The molecule has 0 aliphatic carbocycles. The summed E-state index contributed by atoms with van der Waals surface area (Å²) in [6.07, 6.45) is -1.09. The van der Waals surface area contributed by atoms with E-state index in [9.17, 15) is 14.7 Å². The third-order valence-electron chi connectivity index (χ3n) is 2.16. The van der Waals surface area contributed by atoms with Crippen LogP contribution in [-0.2, 0) is 9.59 Å². The molecule has 4 N–H and O–H groups in total. The fourth-order valence-electron chi connectivity index (χ4n) is 1.17. The number of carboxylic acid groups (broad SMARTS) is 2. The Morgan fingerprint density at radius 3 is 1.84 bits per heavy atom. The third kappa shape index (κ3) is 14.8. The molecule has 2 unspecified atom stereocenters. The number of aliphatic hydroxyl groups is 1. The molecule has 7 nitrogen and oxygen atoms in total. The summed E-state index contributed by atoms with van der Waals surface area (Å²) in [6.45, 7) is 3.98. The molecular formula is C12H26N2O5. The molecule has 0 spiro atoms. The van der Waals surface area contributed by atoms with Crippen molar-refractivity contribution < 1.29 is 29.4 Å². The number of hydrogen-bond acceptors (Lipinski definition) is 5. The average Bonchev–Trinajstić information content (AvgIpc) is 2.12. The minimum Gasteiger partial charge on any atom is -0.550 e. The maximum Gasteiger partial charge on any atom is 0.320 e. The van der Waals surface area contributed by atoms with E-state index in [1.165, 1.54) is 0 Å². The van der Waals surface area contributed by atoms with E-state index in [-0.39, 0.29) is 12.3 Å². The van der Waals surface area contributed by atoms with Gasteiger partial charge in [0.15, 0.2) is 0 Å². The number of aliphatic carboxylic acids is 2. The summed E-state index contributed by atoms with van der Waals surface area (Å²) >= 11 is 0. The molecule has 0 aliphatic heterocycles. The van der Waals surface area contributed by atoms with Gasteiger partial charge in [-0.05, 0) is 5.92 Å². The zero-order valence-corrected chi connectivity index (χ0v) is 12.3. The highest BCUT2D eigenvalue weighted by molar-refractivity contribution is 5.73. The Morgan fingerprint density at radius 1 is 1.26 bits per heavy atom. The SMILES string of the molecule is CC(C)C(N)C(=O)O.C[N+](C)(C)CC(O)CC(=O)[O-]. The van der Waals surface area contributed by atoms with Crippen LogP contribution in [0.2, 0.25) is 0 Å². The zero-order chi connectivity index (χ0) is 15.8. The zero-order valence-electron chi connectivity index (χ0n) is 12.3. The van der Waals surface area contributed by atoms with Gasteiger partial charge in [0.05, 0.1) is 21.1 Å². The monoisotopic (exact) mass is 278 g/mol. The lowest BCUT2D eigenvalue weighted by molar-refractivity contribution is -0.873.